The van der Waals surface area contributed by atoms with Gasteiger partial charge in [0.1, 0.15) is 5.76 Å². The molecule has 1 aliphatic carbocycles. The van der Waals surface area contributed by atoms with Gasteiger partial charge in [0, 0.05) is 31.1 Å². The lowest BCUT2D eigenvalue weighted by molar-refractivity contribution is -0.142. The summed E-state index contributed by atoms with van der Waals surface area (Å²) in [4.78, 5) is 13.1. The molecular weight excluding hydrogens is 246 g/mol. The monoisotopic (exact) mass is 265 g/mol. The summed E-state index contributed by atoms with van der Waals surface area (Å²) in [6.45, 7) is 2.18. The molecule has 0 amide bonds. The van der Waals surface area contributed by atoms with Gasteiger partial charge < -0.3 is 14.3 Å². The van der Waals surface area contributed by atoms with Crippen LogP contribution in [0.3, 0.4) is 0 Å². The van der Waals surface area contributed by atoms with Gasteiger partial charge in [0.05, 0.1) is 25.4 Å². The average molecular weight is 265 g/mol. The van der Waals surface area contributed by atoms with Gasteiger partial charge in [-0.1, -0.05) is 0 Å². The van der Waals surface area contributed by atoms with E-state index < -0.39 is 5.97 Å². The van der Waals surface area contributed by atoms with E-state index in [-0.39, 0.29) is 12.5 Å². The van der Waals surface area contributed by atoms with Crippen molar-refractivity contribution in [3.8, 4) is 0 Å². The zero-order chi connectivity index (χ0) is 13.2. The Morgan fingerprint density at radius 1 is 1.53 bits per heavy atom. The van der Waals surface area contributed by atoms with E-state index in [1.807, 2.05) is 0 Å². The van der Waals surface area contributed by atoms with Crippen molar-refractivity contribution in [3.63, 3.8) is 0 Å². The zero-order valence-corrected chi connectivity index (χ0v) is 10.9. The summed E-state index contributed by atoms with van der Waals surface area (Å²) in [6.07, 6.45) is 4.92. The number of fused-ring (bicyclic) bond motifs is 1. The minimum atomic E-state index is -0.792. The van der Waals surface area contributed by atoms with Crippen LogP contribution in [0.1, 0.15) is 36.6 Å². The first-order valence-electron chi connectivity index (χ1n) is 6.88. The molecule has 1 saturated heterocycles. The highest BCUT2D eigenvalue weighted by molar-refractivity contribution is 5.67. The highest BCUT2D eigenvalue weighted by Gasteiger charge is 2.32. The van der Waals surface area contributed by atoms with Gasteiger partial charge in [-0.2, -0.15) is 0 Å². The molecule has 5 nitrogen and oxygen atoms in total. The predicted octanol–water partition coefficient (Wildman–Crippen LogP) is 1.83. The van der Waals surface area contributed by atoms with Crippen LogP contribution in [0.25, 0.3) is 0 Å². The van der Waals surface area contributed by atoms with E-state index in [0.29, 0.717) is 19.2 Å². The lowest BCUT2D eigenvalue weighted by Crippen LogP contribution is -2.45. The topological polar surface area (TPSA) is 62.9 Å². The molecule has 0 spiro atoms. The molecule has 0 aromatic carbocycles. The third-order valence-corrected chi connectivity index (χ3v) is 4.03. The van der Waals surface area contributed by atoms with Gasteiger partial charge in [-0.3, -0.25) is 9.69 Å². The van der Waals surface area contributed by atoms with Gasteiger partial charge in [0.25, 0.3) is 0 Å². The summed E-state index contributed by atoms with van der Waals surface area (Å²) in [5.74, 6) is 0.303. The van der Waals surface area contributed by atoms with Crippen LogP contribution in [0.15, 0.2) is 16.7 Å². The maximum atomic E-state index is 10.8. The number of rotatable bonds is 3. The molecule has 1 aliphatic heterocycles. The molecule has 2 atom stereocenters. The minimum absolute atomic E-state index is 0.0848. The normalized spacial score (nSPS) is 28.0. The van der Waals surface area contributed by atoms with Crippen LogP contribution >= 0.6 is 0 Å². The van der Waals surface area contributed by atoms with Gasteiger partial charge in [-0.15, -0.1) is 0 Å². The Balaban J connectivity index is 1.71. The molecule has 0 radical (unpaired) electrons. The van der Waals surface area contributed by atoms with E-state index in [1.165, 1.54) is 5.56 Å². The van der Waals surface area contributed by atoms with Crippen molar-refractivity contribution in [2.24, 2.45) is 0 Å². The first kappa shape index (κ1) is 12.7. The number of aliphatic carboxylic acids is 1. The quantitative estimate of drug-likeness (QED) is 0.903. The molecule has 19 heavy (non-hydrogen) atoms. The Morgan fingerprint density at radius 3 is 3.26 bits per heavy atom. The van der Waals surface area contributed by atoms with E-state index >= 15 is 0 Å². The number of hydrogen-bond acceptors (Lipinski definition) is 4. The van der Waals surface area contributed by atoms with Crippen LogP contribution in [-0.2, 0) is 16.0 Å². The smallest absolute Gasteiger partial charge is 0.306 e. The standard InChI is InChI=1S/C14H19NO4/c16-14(17)8-10-9-15(5-7-18-10)12-2-1-3-13-11(12)4-6-19-13/h4,6,10,12H,1-3,5,7-9H2,(H,16,17). The fourth-order valence-corrected chi connectivity index (χ4v) is 3.18. The first-order valence-corrected chi connectivity index (χ1v) is 6.88. The number of carboxylic acids is 1. The van der Waals surface area contributed by atoms with Gasteiger partial charge in [-0.25, -0.2) is 0 Å². The predicted molar refractivity (Wildman–Crippen MR) is 68.0 cm³/mol. The number of hydrogen-bond donors (Lipinski definition) is 1. The SMILES string of the molecule is O=C(O)CC1CN(C2CCCc3occc32)CCO1. The Bertz CT molecular complexity index is 456. The molecular formula is C14H19NO4. The van der Waals surface area contributed by atoms with Crippen molar-refractivity contribution in [2.45, 2.75) is 37.8 Å². The highest BCUT2D eigenvalue weighted by Crippen LogP contribution is 2.35. The molecule has 1 aromatic heterocycles. The summed E-state index contributed by atoms with van der Waals surface area (Å²) in [6, 6.07) is 2.42. The fraction of sp³-hybridized carbons (Fsp3) is 0.643. The molecule has 1 N–H and O–H groups in total. The lowest BCUT2D eigenvalue weighted by Gasteiger charge is -2.39. The van der Waals surface area contributed by atoms with Crippen molar-refractivity contribution >= 4 is 5.97 Å². The number of furan rings is 1. The summed E-state index contributed by atoms with van der Waals surface area (Å²) >= 11 is 0. The number of ether oxygens (including phenoxy) is 1. The van der Waals surface area contributed by atoms with Crippen LogP contribution in [0.4, 0.5) is 0 Å². The van der Waals surface area contributed by atoms with Crippen LogP contribution in [0.5, 0.6) is 0 Å². The zero-order valence-electron chi connectivity index (χ0n) is 10.9. The molecule has 1 fully saturated rings. The number of aryl methyl sites for hydroxylation is 1. The maximum Gasteiger partial charge on any atom is 0.306 e. The molecule has 0 bridgehead atoms. The van der Waals surface area contributed by atoms with E-state index in [2.05, 4.69) is 11.0 Å². The Morgan fingerprint density at radius 2 is 2.42 bits per heavy atom. The largest absolute Gasteiger partial charge is 0.481 e. The number of morpholine rings is 1. The van der Waals surface area contributed by atoms with Crippen molar-refractivity contribution < 1.29 is 19.1 Å². The van der Waals surface area contributed by atoms with Crippen molar-refractivity contribution in [3.05, 3.63) is 23.7 Å². The summed E-state index contributed by atoms with van der Waals surface area (Å²) in [7, 11) is 0. The summed E-state index contributed by atoms with van der Waals surface area (Å²) < 4.78 is 11.0. The van der Waals surface area contributed by atoms with Crippen molar-refractivity contribution in [2.75, 3.05) is 19.7 Å². The third kappa shape index (κ3) is 2.67. The van der Waals surface area contributed by atoms with Gasteiger partial charge in [-0.05, 0) is 18.9 Å². The second kappa shape index (κ2) is 5.35. The average Bonchev–Trinajstić information content (AvgIpc) is 2.86. The molecule has 0 saturated carbocycles. The van der Waals surface area contributed by atoms with E-state index in [0.717, 1.165) is 31.6 Å². The van der Waals surface area contributed by atoms with Crippen LogP contribution < -0.4 is 0 Å². The van der Waals surface area contributed by atoms with Crippen molar-refractivity contribution in [1.82, 2.24) is 4.90 Å². The highest BCUT2D eigenvalue weighted by atomic mass is 16.5. The first-order chi connectivity index (χ1) is 9.24. The van der Waals surface area contributed by atoms with E-state index in [4.69, 9.17) is 14.3 Å². The minimum Gasteiger partial charge on any atom is -0.481 e. The molecule has 2 heterocycles. The molecule has 5 heteroatoms. The Labute approximate surface area is 112 Å². The van der Waals surface area contributed by atoms with Crippen molar-refractivity contribution in [1.29, 1.82) is 0 Å². The molecule has 3 rings (SSSR count). The number of carbonyl (C=O) groups is 1. The maximum absolute atomic E-state index is 10.8. The van der Waals surface area contributed by atoms with E-state index in [9.17, 15) is 4.79 Å². The fourth-order valence-electron chi connectivity index (χ4n) is 3.18. The van der Waals surface area contributed by atoms with Crippen LogP contribution in [0.2, 0.25) is 0 Å². The molecule has 1 aromatic rings. The number of carboxylic acid groups (broad SMARTS) is 1. The van der Waals surface area contributed by atoms with Crippen LogP contribution in [-0.4, -0.2) is 41.8 Å². The van der Waals surface area contributed by atoms with Gasteiger partial charge in [0.2, 0.25) is 0 Å². The third-order valence-electron chi connectivity index (χ3n) is 4.03. The second-order valence-corrected chi connectivity index (χ2v) is 5.29. The number of nitrogens with zero attached hydrogens (tertiary/aromatic N) is 1. The molecule has 2 unspecified atom stereocenters. The van der Waals surface area contributed by atoms with E-state index in [1.54, 1.807) is 6.26 Å². The van der Waals surface area contributed by atoms with Crippen LogP contribution in [0, 0.1) is 0 Å². The van der Waals surface area contributed by atoms with Gasteiger partial charge in [0.15, 0.2) is 0 Å². The Hall–Kier alpha value is -1.33. The molecule has 2 aliphatic rings. The summed E-state index contributed by atoms with van der Waals surface area (Å²) in [5, 5.41) is 8.87. The summed E-state index contributed by atoms with van der Waals surface area (Å²) in [5.41, 5.74) is 1.28. The second-order valence-electron chi connectivity index (χ2n) is 5.29. The Kier molecular flexibility index (Phi) is 3.57. The van der Waals surface area contributed by atoms with Gasteiger partial charge >= 0.3 is 5.97 Å². The lowest BCUT2D eigenvalue weighted by atomic mass is 9.91. The molecule has 104 valence electrons.